The summed E-state index contributed by atoms with van der Waals surface area (Å²) in [7, 11) is 1.73. The van der Waals surface area contributed by atoms with E-state index >= 15 is 0 Å². The number of hydrogen-bond acceptors (Lipinski definition) is 3. The van der Waals surface area contributed by atoms with Gasteiger partial charge in [-0.05, 0) is 35.6 Å². The molecule has 1 heterocycles. The number of ether oxygens (including phenoxy) is 1. The molecule has 1 aromatic carbocycles. The van der Waals surface area contributed by atoms with Crippen LogP contribution in [0.4, 0.5) is 0 Å². The number of aliphatic hydroxyl groups is 1. The Morgan fingerprint density at radius 1 is 1.20 bits per heavy atom. The minimum atomic E-state index is -0.523. The maximum atomic E-state index is 10.8. The number of benzene rings is 1. The van der Waals surface area contributed by atoms with Gasteiger partial charge in [0.2, 0.25) is 0 Å². The summed E-state index contributed by atoms with van der Waals surface area (Å²) in [5.74, 6) is 0.485. The highest BCUT2D eigenvalue weighted by molar-refractivity contribution is 7.17. The topological polar surface area (TPSA) is 29.5 Å². The van der Waals surface area contributed by atoms with Crippen molar-refractivity contribution in [2.45, 2.75) is 44.3 Å². The van der Waals surface area contributed by atoms with Crippen molar-refractivity contribution >= 4 is 21.4 Å². The number of thiophene rings is 1. The minimum Gasteiger partial charge on any atom is -0.386 e. The summed E-state index contributed by atoms with van der Waals surface area (Å²) in [5, 5.41) is 14.1. The first-order chi connectivity index (χ1) is 9.81. The SMILES string of the molecule is COC(C1CCCCC1)C(O)c1cccc2ccsc12. The molecule has 3 heteroatoms. The molecule has 2 aromatic rings. The van der Waals surface area contributed by atoms with Gasteiger partial charge in [0.25, 0.3) is 0 Å². The van der Waals surface area contributed by atoms with Gasteiger partial charge in [0.15, 0.2) is 0 Å². The fourth-order valence-corrected chi connectivity index (χ4v) is 4.42. The third-order valence-electron chi connectivity index (χ3n) is 4.53. The van der Waals surface area contributed by atoms with Gasteiger partial charge in [-0.3, -0.25) is 0 Å². The molecule has 0 amide bonds. The van der Waals surface area contributed by atoms with Crippen molar-refractivity contribution in [2.24, 2.45) is 5.92 Å². The zero-order chi connectivity index (χ0) is 13.9. The monoisotopic (exact) mass is 290 g/mol. The Balaban J connectivity index is 1.89. The number of aliphatic hydroxyl groups excluding tert-OH is 1. The van der Waals surface area contributed by atoms with Gasteiger partial charge in [-0.1, -0.05) is 37.5 Å². The fraction of sp³-hybridized carbons (Fsp3) is 0.529. The quantitative estimate of drug-likeness (QED) is 0.896. The molecule has 20 heavy (non-hydrogen) atoms. The molecule has 2 atom stereocenters. The summed E-state index contributed by atoms with van der Waals surface area (Å²) in [6, 6.07) is 8.28. The minimum absolute atomic E-state index is 0.0806. The van der Waals surface area contributed by atoms with E-state index in [-0.39, 0.29) is 6.10 Å². The lowest BCUT2D eigenvalue weighted by atomic mass is 9.82. The standard InChI is InChI=1S/C17H22O2S/c1-19-16(12-6-3-2-4-7-12)15(18)14-9-5-8-13-10-11-20-17(13)14/h5,8-12,15-16,18H,2-4,6-7H2,1H3. The Bertz CT molecular complexity index is 557. The normalized spacial score (nSPS) is 20.1. The molecule has 0 radical (unpaired) electrons. The van der Waals surface area contributed by atoms with Crippen LogP contribution >= 0.6 is 11.3 Å². The molecule has 1 aliphatic carbocycles. The third-order valence-corrected chi connectivity index (χ3v) is 5.51. The summed E-state index contributed by atoms with van der Waals surface area (Å²) < 4.78 is 6.88. The van der Waals surface area contributed by atoms with Crippen LogP contribution in [-0.4, -0.2) is 18.3 Å². The van der Waals surface area contributed by atoms with E-state index in [1.165, 1.54) is 42.2 Å². The van der Waals surface area contributed by atoms with Crippen LogP contribution < -0.4 is 0 Å². The maximum Gasteiger partial charge on any atom is 0.107 e. The second-order valence-corrected chi connectivity index (χ2v) is 6.65. The molecule has 1 N–H and O–H groups in total. The van der Waals surface area contributed by atoms with Gasteiger partial charge in [0, 0.05) is 17.4 Å². The maximum absolute atomic E-state index is 10.8. The Kier molecular flexibility index (Phi) is 4.39. The van der Waals surface area contributed by atoms with Crippen LogP contribution in [-0.2, 0) is 4.74 Å². The molecular formula is C17H22O2S. The summed E-state index contributed by atoms with van der Waals surface area (Å²) in [6.45, 7) is 0. The first-order valence-corrected chi connectivity index (χ1v) is 8.36. The lowest BCUT2D eigenvalue weighted by Crippen LogP contribution is -2.31. The van der Waals surface area contributed by atoms with Gasteiger partial charge in [-0.2, -0.15) is 0 Å². The van der Waals surface area contributed by atoms with Crippen LogP contribution in [0, 0.1) is 5.92 Å². The summed E-state index contributed by atoms with van der Waals surface area (Å²) in [4.78, 5) is 0. The van der Waals surface area contributed by atoms with Crippen LogP contribution in [0.2, 0.25) is 0 Å². The van der Waals surface area contributed by atoms with Crippen LogP contribution in [0.15, 0.2) is 29.6 Å². The summed E-state index contributed by atoms with van der Waals surface area (Å²) in [5.41, 5.74) is 1.02. The van der Waals surface area contributed by atoms with Gasteiger partial charge >= 0.3 is 0 Å². The zero-order valence-corrected chi connectivity index (χ0v) is 12.7. The smallest absolute Gasteiger partial charge is 0.107 e. The van der Waals surface area contributed by atoms with Gasteiger partial charge in [0.05, 0.1) is 6.10 Å². The van der Waals surface area contributed by atoms with Gasteiger partial charge in [-0.25, -0.2) is 0 Å². The summed E-state index contributed by atoms with van der Waals surface area (Å²) in [6.07, 6.45) is 5.60. The number of rotatable bonds is 4. The number of fused-ring (bicyclic) bond motifs is 1. The molecule has 1 aromatic heterocycles. The van der Waals surface area contributed by atoms with Crippen molar-refractivity contribution in [2.75, 3.05) is 7.11 Å². The Morgan fingerprint density at radius 3 is 2.75 bits per heavy atom. The van der Waals surface area contributed by atoms with Crippen LogP contribution in [0.3, 0.4) is 0 Å². The lowest BCUT2D eigenvalue weighted by molar-refractivity contribution is -0.0552. The zero-order valence-electron chi connectivity index (χ0n) is 11.9. The van der Waals surface area contributed by atoms with E-state index < -0.39 is 6.10 Å². The van der Waals surface area contributed by atoms with Crippen LogP contribution in [0.25, 0.3) is 10.1 Å². The van der Waals surface area contributed by atoms with E-state index in [0.29, 0.717) is 5.92 Å². The van der Waals surface area contributed by atoms with E-state index in [2.05, 4.69) is 17.5 Å². The number of methoxy groups -OCH3 is 1. The Hall–Kier alpha value is -0.900. The largest absolute Gasteiger partial charge is 0.386 e. The second kappa shape index (κ2) is 6.25. The van der Waals surface area contributed by atoms with Gasteiger partial charge in [0.1, 0.15) is 6.10 Å². The molecule has 2 unspecified atom stereocenters. The van der Waals surface area contributed by atoms with E-state index in [1.54, 1.807) is 18.4 Å². The molecule has 1 fully saturated rings. The van der Waals surface area contributed by atoms with Crippen molar-refractivity contribution in [3.63, 3.8) is 0 Å². The fourth-order valence-electron chi connectivity index (χ4n) is 3.47. The Morgan fingerprint density at radius 2 is 2.00 bits per heavy atom. The van der Waals surface area contributed by atoms with Crippen molar-refractivity contribution in [1.82, 2.24) is 0 Å². The van der Waals surface area contributed by atoms with Crippen molar-refractivity contribution < 1.29 is 9.84 Å². The average Bonchev–Trinajstić information content (AvgIpc) is 2.97. The molecule has 1 saturated carbocycles. The molecule has 0 saturated heterocycles. The molecule has 108 valence electrons. The first kappa shape index (κ1) is 14.1. The highest BCUT2D eigenvalue weighted by Crippen LogP contribution is 2.37. The molecule has 0 spiro atoms. The lowest BCUT2D eigenvalue weighted by Gasteiger charge is -2.32. The van der Waals surface area contributed by atoms with Crippen LogP contribution in [0.1, 0.15) is 43.8 Å². The van der Waals surface area contributed by atoms with Crippen molar-refractivity contribution in [3.8, 4) is 0 Å². The summed E-state index contributed by atoms with van der Waals surface area (Å²) >= 11 is 1.70. The third kappa shape index (κ3) is 2.62. The molecule has 2 nitrogen and oxygen atoms in total. The predicted octanol–water partition coefficient (Wildman–Crippen LogP) is 4.53. The van der Waals surface area contributed by atoms with E-state index in [4.69, 9.17) is 4.74 Å². The van der Waals surface area contributed by atoms with Gasteiger partial charge in [-0.15, -0.1) is 11.3 Å². The number of hydrogen-bond donors (Lipinski definition) is 1. The highest BCUT2D eigenvalue weighted by atomic mass is 32.1. The molecule has 0 aliphatic heterocycles. The molecule has 1 aliphatic rings. The van der Waals surface area contributed by atoms with Crippen molar-refractivity contribution in [1.29, 1.82) is 0 Å². The molecular weight excluding hydrogens is 268 g/mol. The van der Waals surface area contributed by atoms with E-state index in [0.717, 1.165) is 5.56 Å². The van der Waals surface area contributed by atoms with Crippen molar-refractivity contribution in [3.05, 3.63) is 35.2 Å². The van der Waals surface area contributed by atoms with E-state index in [1.807, 2.05) is 12.1 Å². The molecule has 0 bridgehead atoms. The van der Waals surface area contributed by atoms with Crippen LogP contribution in [0.5, 0.6) is 0 Å². The predicted molar refractivity (Wildman–Crippen MR) is 84.2 cm³/mol. The highest BCUT2D eigenvalue weighted by Gasteiger charge is 2.31. The van der Waals surface area contributed by atoms with Gasteiger partial charge < -0.3 is 9.84 Å². The average molecular weight is 290 g/mol. The van der Waals surface area contributed by atoms with E-state index in [9.17, 15) is 5.11 Å². The molecule has 3 rings (SSSR count). The Labute approximate surface area is 124 Å². The second-order valence-electron chi connectivity index (χ2n) is 5.73. The first-order valence-electron chi connectivity index (χ1n) is 7.48.